The van der Waals surface area contributed by atoms with Crippen molar-refractivity contribution in [2.24, 2.45) is 0 Å². The summed E-state index contributed by atoms with van der Waals surface area (Å²) in [6.45, 7) is 0.546. The second kappa shape index (κ2) is 11.4. The second-order valence-electron chi connectivity index (χ2n) is 8.73. The molecule has 0 unspecified atom stereocenters. The minimum Gasteiger partial charge on any atom is -0.497 e. The molecule has 0 aliphatic carbocycles. The number of nitrogens with one attached hydrogen (secondary N) is 1. The van der Waals surface area contributed by atoms with Gasteiger partial charge in [-0.15, -0.1) is 0 Å². The standard InChI is InChI=1S/C26H26ClF2N3O6/c1-14(33)18-11-31(21-8-7-16(36-2)9-17(18)21)13-22(34)32-12-20(28)24(37-3)25(32)38-26(35)30-10-15-5-4-6-19(27)23(15)29/h4-9,11,20,24-25H,10,12-13H2,1-3H3,(H,30,35)/t20-,24+,25-/m0/s1. The second-order valence-corrected chi connectivity index (χ2v) is 9.14. The smallest absolute Gasteiger partial charge is 0.409 e. The highest BCUT2D eigenvalue weighted by atomic mass is 35.5. The van der Waals surface area contributed by atoms with Crippen LogP contribution in [0.15, 0.2) is 42.6 Å². The Morgan fingerprint density at radius 1 is 1.18 bits per heavy atom. The van der Waals surface area contributed by atoms with E-state index in [1.165, 1.54) is 39.3 Å². The van der Waals surface area contributed by atoms with Gasteiger partial charge >= 0.3 is 6.09 Å². The number of hydrogen-bond donors (Lipinski definition) is 1. The Kier molecular flexibility index (Phi) is 8.17. The number of alkyl carbamates (subject to hydrolysis) is 1. The van der Waals surface area contributed by atoms with Gasteiger partial charge in [-0.3, -0.25) is 9.59 Å². The molecule has 1 saturated heterocycles. The minimum absolute atomic E-state index is 0.103. The van der Waals surface area contributed by atoms with Crippen molar-refractivity contribution in [2.75, 3.05) is 20.8 Å². The van der Waals surface area contributed by atoms with E-state index in [1.54, 1.807) is 29.0 Å². The number of Topliss-reactive ketones (excluding diaryl/α,β-unsaturated/α-hetero) is 1. The maximum atomic E-state index is 14.8. The first-order valence-corrected chi connectivity index (χ1v) is 12.0. The Bertz CT molecular complexity index is 1380. The minimum atomic E-state index is -1.62. The highest BCUT2D eigenvalue weighted by Crippen LogP contribution is 2.29. The first kappa shape index (κ1) is 27.3. The molecule has 3 atom stereocenters. The number of ether oxygens (including phenoxy) is 3. The summed E-state index contributed by atoms with van der Waals surface area (Å²) in [6, 6.07) is 9.44. The number of ketones is 1. The van der Waals surface area contributed by atoms with Gasteiger partial charge < -0.3 is 29.0 Å². The number of nitrogens with zero attached hydrogens (tertiary/aromatic N) is 2. The van der Waals surface area contributed by atoms with Gasteiger partial charge in [0.25, 0.3) is 0 Å². The molecule has 4 rings (SSSR count). The van der Waals surface area contributed by atoms with Gasteiger partial charge in [-0.1, -0.05) is 23.7 Å². The van der Waals surface area contributed by atoms with E-state index in [1.807, 2.05) is 0 Å². The lowest BCUT2D eigenvalue weighted by Gasteiger charge is -2.27. The van der Waals surface area contributed by atoms with E-state index in [0.717, 1.165) is 4.90 Å². The molecule has 0 bridgehead atoms. The van der Waals surface area contributed by atoms with Crippen molar-refractivity contribution in [3.63, 3.8) is 0 Å². The van der Waals surface area contributed by atoms with Crippen LogP contribution < -0.4 is 10.1 Å². The highest BCUT2D eigenvalue weighted by Gasteiger charge is 2.47. The molecule has 9 nitrogen and oxygen atoms in total. The average molecular weight is 550 g/mol. The van der Waals surface area contributed by atoms with E-state index in [0.29, 0.717) is 22.2 Å². The molecule has 0 saturated carbocycles. The summed E-state index contributed by atoms with van der Waals surface area (Å²) in [6.07, 6.45) is -3.68. The SMILES string of the molecule is COc1ccc2c(c1)c(C(C)=O)cn2CC(=O)N1C[C@H](F)[C@@H](OC)[C@@H]1OC(=O)NCc1cccc(Cl)c1F. The van der Waals surface area contributed by atoms with Crippen molar-refractivity contribution in [2.45, 2.75) is 38.5 Å². The highest BCUT2D eigenvalue weighted by molar-refractivity contribution is 6.30. The van der Waals surface area contributed by atoms with Gasteiger partial charge in [-0.25, -0.2) is 13.6 Å². The number of carbonyl (C=O) groups excluding carboxylic acids is 3. The molecule has 1 aliphatic rings. The Balaban J connectivity index is 1.52. The lowest BCUT2D eigenvalue weighted by molar-refractivity contribution is -0.143. The third kappa shape index (κ3) is 5.44. The van der Waals surface area contributed by atoms with Crippen LogP contribution >= 0.6 is 11.6 Å². The number of amides is 2. The maximum absolute atomic E-state index is 14.8. The number of benzene rings is 2. The van der Waals surface area contributed by atoms with Crippen LogP contribution in [0, 0.1) is 5.82 Å². The number of rotatable bonds is 8. The normalized spacial score (nSPS) is 19.0. The Hall–Kier alpha value is -3.70. The summed E-state index contributed by atoms with van der Waals surface area (Å²) in [5.74, 6) is -0.905. The van der Waals surface area contributed by atoms with Crippen LogP contribution in [-0.2, 0) is 27.4 Å². The van der Waals surface area contributed by atoms with Gasteiger partial charge in [-0.05, 0) is 31.2 Å². The summed E-state index contributed by atoms with van der Waals surface area (Å²) in [4.78, 5) is 39.1. The first-order chi connectivity index (χ1) is 18.1. The van der Waals surface area contributed by atoms with Crippen molar-refractivity contribution in [1.82, 2.24) is 14.8 Å². The van der Waals surface area contributed by atoms with Gasteiger partial charge in [0, 0.05) is 41.9 Å². The zero-order valence-corrected chi connectivity index (χ0v) is 21.6. The third-order valence-electron chi connectivity index (χ3n) is 6.36. The molecule has 2 amide bonds. The van der Waals surface area contributed by atoms with Gasteiger partial charge in [-0.2, -0.15) is 0 Å². The van der Waals surface area contributed by atoms with Crippen LogP contribution in [0.3, 0.4) is 0 Å². The maximum Gasteiger partial charge on any atom is 0.409 e. The molecule has 2 heterocycles. The number of likely N-dealkylation sites (tertiary alicyclic amines) is 1. The number of fused-ring (bicyclic) bond motifs is 1. The molecule has 1 aliphatic heterocycles. The van der Waals surface area contributed by atoms with Gasteiger partial charge in [0.2, 0.25) is 12.1 Å². The molecule has 1 N–H and O–H groups in total. The molecule has 3 aromatic rings. The van der Waals surface area contributed by atoms with E-state index in [9.17, 15) is 23.2 Å². The third-order valence-corrected chi connectivity index (χ3v) is 6.66. The van der Waals surface area contributed by atoms with Crippen molar-refractivity contribution < 1.29 is 37.4 Å². The molecular formula is C26H26ClF2N3O6. The Labute approximate surface area is 222 Å². The van der Waals surface area contributed by atoms with Crippen LogP contribution in [0.4, 0.5) is 13.6 Å². The van der Waals surface area contributed by atoms with Crippen molar-refractivity contribution >= 4 is 40.3 Å². The van der Waals surface area contributed by atoms with E-state index >= 15 is 0 Å². The van der Waals surface area contributed by atoms with Crippen molar-refractivity contribution in [3.8, 4) is 5.75 Å². The van der Waals surface area contributed by atoms with E-state index in [-0.39, 0.29) is 36.0 Å². The molecule has 202 valence electrons. The number of carbonyl (C=O) groups is 3. The molecule has 0 spiro atoms. The van der Waals surface area contributed by atoms with Crippen LogP contribution in [0.5, 0.6) is 5.75 Å². The van der Waals surface area contributed by atoms with Crippen LogP contribution in [0.2, 0.25) is 5.02 Å². The fraction of sp³-hybridized carbons (Fsp3) is 0.346. The largest absolute Gasteiger partial charge is 0.497 e. The molecule has 12 heteroatoms. The number of hydrogen-bond acceptors (Lipinski definition) is 6. The fourth-order valence-electron chi connectivity index (χ4n) is 4.45. The number of methoxy groups -OCH3 is 2. The van der Waals surface area contributed by atoms with Crippen LogP contribution in [-0.4, -0.2) is 66.5 Å². The monoisotopic (exact) mass is 549 g/mol. The van der Waals surface area contributed by atoms with Crippen molar-refractivity contribution in [3.05, 3.63) is 64.6 Å². The summed E-state index contributed by atoms with van der Waals surface area (Å²) in [5, 5.41) is 2.88. The van der Waals surface area contributed by atoms with E-state index in [2.05, 4.69) is 5.32 Å². The zero-order valence-electron chi connectivity index (χ0n) is 20.9. The van der Waals surface area contributed by atoms with E-state index < -0.39 is 36.3 Å². The Morgan fingerprint density at radius 2 is 1.95 bits per heavy atom. The molecule has 38 heavy (non-hydrogen) atoms. The Morgan fingerprint density at radius 3 is 2.63 bits per heavy atom. The summed E-state index contributed by atoms with van der Waals surface area (Å²) in [7, 11) is 2.75. The average Bonchev–Trinajstić information content (AvgIpc) is 3.41. The van der Waals surface area contributed by atoms with Crippen LogP contribution in [0.25, 0.3) is 10.9 Å². The lowest BCUT2D eigenvalue weighted by Crippen LogP contribution is -2.46. The summed E-state index contributed by atoms with van der Waals surface area (Å²) >= 11 is 5.76. The molecule has 1 aromatic heterocycles. The predicted molar refractivity (Wildman–Crippen MR) is 134 cm³/mol. The molecule has 1 fully saturated rings. The van der Waals surface area contributed by atoms with Crippen molar-refractivity contribution in [1.29, 1.82) is 0 Å². The first-order valence-electron chi connectivity index (χ1n) is 11.7. The quantitative estimate of drug-likeness (QED) is 0.425. The summed E-state index contributed by atoms with van der Waals surface area (Å²) in [5.41, 5.74) is 1.12. The summed E-state index contributed by atoms with van der Waals surface area (Å²) < 4.78 is 46.3. The fourth-order valence-corrected chi connectivity index (χ4v) is 4.64. The van der Waals surface area contributed by atoms with Gasteiger partial charge in [0.15, 0.2) is 5.78 Å². The molecule has 0 radical (unpaired) electrons. The van der Waals surface area contributed by atoms with Gasteiger partial charge in [0.05, 0.1) is 18.7 Å². The number of alkyl halides is 1. The lowest BCUT2D eigenvalue weighted by atomic mass is 10.1. The molecule has 2 aromatic carbocycles. The number of halogens is 3. The molecular weight excluding hydrogens is 524 g/mol. The van der Waals surface area contributed by atoms with Crippen LogP contribution in [0.1, 0.15) is 22.8 Å². The predicted octanol–water partition coefficient (Wildman–Crippen LogP) is 4.09. The zero-order chi connectivity index (χ0) is 27.6. The van der Waals surface area contributed by atoms with E-state index in [4.69, 9.17) is 25.8 Å². The number of aromatic nitrogens is 1. The topological polar surface area (TPSA) is 99.1 Å². The van der Waals surface area contributed by atoms with Gasteiger partial charge in [0.1, 0.15) is 30.4 Å².